The van der Waals surface area contributed by atoms with Gasteiger partial charge >= 0.3 is 5.97 Å². The Kier molecular flexibility index (Phi) is 4.82. The van der Waals surface area contributed by atoms with Crippen molar-refractivity contribution in [2.24, 2.45) is 5.92 Å². The van der Waals surface area contributed by atoms with Crippen LogP contribution >= 0.6 is 0 Å². The predicted molar refractivity (Wildman–Crippen MR) is 63.8 cm³/mol. The Balaban J connectivity index is 2.77. The molecule has 2 N–H and O–H groups in total. The molecule has 18 heavy (non-hydrogen) atoms. The first-order valence-electron chi connectivity index (χ1n) is 5.77. The molecule has 0 radical (unpaired) electrons. The van der Waals surface area contributed by atoms with Crippen molar-refractivity contribution in [2.75, 3.05) is 7.11 Å². The molecule has 0 saturated carbocycles. The predicted octanol–water partition coefficient (Wildman–Crippen LogP) is 0.431. The van der Waals surface area contributed by atoms with Gasteiger partial charge in [0.15, 0.2) is 0 Å². The fraction of sp³-hybridized carbons (Fsp3) is 0.636. The third-order valence-corrected chi connectivity index (χ3v) is 2.76. The second-order valence-electron chi connectivity index (χ2n) is 4.10. The number of H-pyrrole nitrogens is 1. The van der Waals surface area contributed by atoms with Crippen LogP contribution in [0.25, 0.3) is 0 Å². The van der Waals surface area contributed by atoms with Crippen molar-refractivity contribution < 1.29 is 14.3 Å². The lowest BCUT2D eigenvalue weighted by molar-refractivity contribution is -0.144. The molecule has 0 fully saturated rings. The first kappa shape index (κ1) is 14.1. The molecule has 0 bridgehead atoms. The third kappa shape index (κ3) is 3.28. The molecule has 7 heteroatoms. The Morgan fingerprint density at radius 1 is 1.50 bits per heavy atom. The number of nitrogens with one attached hydrogen (secondary N) is 2. The lowest BCUT2D eigenvalue weighted by Crippen LogP contribution is -2.46. The normalized spacial score (nSPS) is 13.8. The highest BCUT2D eigenvalue weighted by atomic mass is 16.5. The number of ether oxygens (including phenoxy) is 1. The Labute approximate surface area is 105 Å². The van der Waals surface area contributed by atoms with Crippen molar-refractivity contribution >= 4 is 11.9 Å². The van der Waals surface area contributed by atoms with Gasteiger partial charge in [0.25, 0.3) is 5.91 Å². The molecule has 1 rings (SSSR count). The summed E-state index contributed by atoms with van der Waals surface area (Å²) >= 11 is 0. The monoisotopic (exact) mass is 254 g/mol. The highest BCUT2D eigenvalue weighted by Gasteiger charge is 2.28. The molecule has 100 valence electrons. The van der Waals surface area contributed by atoms with Gasteiger partial charge in [-0.3, -0.25) is 9.89 Å². The first-order chi connectivity index (χ1) is 8.49. The Morgan fingerprint density at radius 3 is 2.61 bits per heavy atom. The van der Waals surface area contributed by atoms with Crippen molar-refractivity contribution in [2.45, 2.75) is 33.2 Å². The Hall–Kier alpha value is -1.92. The summed E-state index contributed by atoms with van der Waals surface area (Å²) in [4.78, 5) is 27.3. The maximum atomic E-state index is 11.8. The molecule has 0 aliphatic rings. The van der Waals surface area contributed by atoms with Crippen molar-refractivity contribution in [1.82, 2.24) is 20.5 Å². The van der Waals surface area contributed by atoms with Gasteiger partial charge in [0.2, 0.25) is 5.82 Å². The summed E-state index contributed by atoms with van der Waals surface area (Å²) in [6.07, 6.45) is 0.743. The van der Waals surface area contributed by atoms with E-state index in [9.17, 15) is 9.59 Å². The zero-order valence-electron chi connectivity index (χ0n) is 11.0. The van der Waals surface area contributed by atoms with Crippen molar-refractivity contribution in [3.8, 4) is 0 Å². The van der Waals surface area contributed by atoms with Gasteiger partial charge in [-0.2, -0.15) is 0 Å². The summed E-state index contributed by atoms with van der Waals surface area (Å²) in [5.41, 5.74) is 0. The molecule has 1 amide bonds. The summed E-state index contributed by atoms with van der Waals surface area (Å²) in [5.74, 6) is -0.426. The molecule has 0 aliphatic heterocycles. The lowest BCUT2D eigenvalue weighted by Gasteiger charge is -2.20. The van der Waals surface area contributed by atoms with Crippen molar-refractivity contribution in [3.63, 3.8) is 0 Å². The molecule has 1 aromatic rings. The Morgan fingerprint density at radius 2 is 2.17 bits per heavy atom. The van der Waals surface area contributed by atoms with Gasteiger partial charge in [-0.25, -0.2) is 9.78 Å². The average Bonchev–Trinajstić information content (AvgIpc) is 2.80. The standard InChI is InChI=1S/C11H18N4O3/c1-5-6(2)8(11(17)18-4)13-10(16)9-12-7(3)14-15-9/h6,8H,5H2,1-4H3,(H,13,16)(H,12,14,15). The maximum Gasteiger partial charge on any atom is 0.328 e. The SMILES string of the molecule is CCC(C)C(NC(=O)c1n[nH]c(C)n1)C(=O)OC. The molecule has 0 aliphatic carbocycles. The number of amides is 1. The number of methoxy groups -OCH3 is 1. The van der Waals surface area contributed by atoms with Crippen LogP contribution in [0.1, 0.15) is 36.7 Å². The van der Waals surface area contributed by atoms with E-state index in [4.69, 9.17) is 0 Å². The van der Waals surface area contributed by atoms with Crippen LogP contribution in [0.4, 0.5) is 0 Å². The van der Waals surface area contributed by atoms with Gasteiger partial charge in [-0.05, 0) is 12.8 Å². The zero-order chi connectivity index (χ0) is 13.7. The van der Waals surface area contributed by atoms with E-state index >= 15 is 0 Å². The number of hydrogen-bond donors (Lipinski definition) is 2. The summed E-state index contributed by atoms with van der Waals surface area (Å²) in [5, 5.41) is 8.90. The molecular weight excluding hydrogens is 236 g/mol. The van der Waals surface area contributed by atoms with Gasteiger partial charge in [0, 0.05) is 0 Å². The fourth-order valence-electron chi connectivity index (χ4n) is 1.45. The molecule has 1 heterocycles. The second kappa shape index (κ2) is 6.13. The number of rotatable bonds is 5. The second-order valence-corrected chi connectivity index (χ2v) is 4.10. The summed E-state index contributed by atoms with van der Waals surface area (Å²) in [6, 6.07) is -0.689. The quantitative estimate of drug-likeness (QED) is 0.743. The van der Waals surface area contributed by atoms with Gasteiger partial charge < -0.3 is 10.1 Å². The third-order valence-electron chi connectivity index (χ3n) is 2.76. The van der Waals surface area contributed by atoms with Crippen LogP contribution in [0.15, 0.2) is 0 Å². The van der Waals surface area contributed by atoms with E-state index in [1.165, 1.54) is 7.11 Å². The zero-order valence-corrected chi connectivity index (χ0v) is 11.0. The molecule has 0 aromatic carbocycles. The van der Waals surface area contributed by atoms with Crippen LogP contribution in [0, 0.1) is 12.8 Å². The molecule has 0 saturated heterocycles. The number of carbonyl (C=O) groups is 2. The van der Waals surface area contributed by atoms with E-state index in [-0.39, 0.29) is 11.7 Å². The highest BCUT2D eigenvalue weighted by Crippen LogP contribution is 2.09. The van der Waals surface area contributed by atoms with Crippen LogP contribution in [-0.4, -0.2) is 40.2 Å². The number of esters is 1. The largest absolute Gasteiger partial charge is 0.467 e. The number of aryl methyl sites for hydroxylation is 1. The maximum absolute atomic E-state index is 11.8. The Bertz CT molecular complexity index is 430. The number of aromatic amines is 1. The van der Waals surface area contributed by atoms with E-state index in [1.807, 2.05) is 13.8 Å². The van der Waals surface area contributed by atoms with Crippen LogP contribution in [-0.2, 0) is 9.53 Å². The van der Waals surface area contributed by atoms with Crippen LogP contribution in [0.3, 0.4) is 0 Å². The van der Waals surface area contributed by atoms with Crippen molar-refractivity contribution in [1.29, 1.82) is 0 Å². The number of hydrogen-bond acceptors (Lipinski definition) is 5. The molecule has 2 atom stereocenters. The van der Waals surface area contributed by atoms with Gasteiger partial charge in [-0.15, -0.1) is 5.10 Å². The average molecular weight is 254 g/mol. The summed E-state index contributed by atoms with van der Waals surface area (Å²) in [6.45, 7) is 5.49. The molecular formula is C11H18N4O3. The molecule has 2 unspecified atom stereocenters. The fourth-order valence-corrected chi connectivity index (χ4v) is 1.45. The number of nitrogens with zero attached hydrogens (tertiary/aromatic N) is 2. The lowest BCUT2D eigenvalue weighted by atomic mass is 9.99. The highest BCUT2D eigenvalue weighted by molar-refractivity contribution is 5.93. The van der Waals surface area contributed by atoms with Crippen LogP contribution in [0.2, 0.25) is 0 Å². The van der Waals surface area contributed by atoms with Gasteiger partial charge in [0.1, 0.15) is 11.9 Å². The van der Waals surface area contributed by atoms with E-state index in [2.05, 4.69) is 25.2 Å². The minimum absolute atomic E-state index is 0.0182. The van der Waals surface area contributed by atoms with E-state index < -0.39 is 17.9 Å². The topological polar surface area (TPSA) is 97.0 Å². The molecule has 1 aromatic heterocycles. The summed E-state index contributed by atoms with van der Waals surface area (Å²) < 4.78 is 4.68. The minimum Gasteiger partial charge on any atom is -0.467 e. The van der Waals surface area contributed by atoms with E-state index in [0.29, 0.717) is 5.82 Å². The summed E-state index contributed by atoms with van der Waals surface area (Å²) in [7, 11) is 1.29. The smallest absolute Gasteiger partial charge is 0.328 e. The molecule has 0 spiro atoms. The van der Waals surface area contributed by atoms with E-state index in [0.717, 1.165) is 6.42 Å². The van der Waals surface area contributed by atoms with E-state index in [1.54, 1.807) is 6.92 Å². The number of carbonyl (C=O) groups excluding carboxylic acids is 2. The first-order valence-corrected chi connectivity index (χ1v) is 5.77. The van der Waals surface area contributed by atoms with Gasteiger partial charge in [-0.1, -0.05) is 20.3 Å². The molecule has 7 nitrogen and oxygen atoms in total. The number of aromatic nitrogens is 3. The van der Waals surface area contributed by atoms with Gasteiger partial charge in [0.05, 0.1) is 7.11 Å². The minimum atomic E-state index is -0.689. The van der Waals surface area contributed by atoms with Crippen molar-refractivity contribution in [3.05, 3.63) is 11.6 Å². The van der Waals surface area contributed by atoms with Crippen LogP contribution in [0.5, 0.6) is 0 Å². The van der Waals surface area contributed by atoms with Crippen LogP contribution < -0.4 is 5.32 Å².